The first-order valence-electron chi connectivity index (χ1n) is 7.33. The van der Waals surface area contributed by atoms with Gasteiger partial charge >= 0.3 is 12.0 Å². The summed E-state index contributed by atoms with van der Waals surface area (Å²) in [4.78, 5) is 22.2. The number of benzene rings is 1. The van der Waals surface area contributed by atoms with Crippen molar-refractivity contribution in [1.82, 2.24) is 5.32 Å². The van der Waals surface area contributed by atoms with Crippen molar-refractivity contribution in [3.05, 3.63) is 16.6 Å². The van der Waals surface area contributed by atoms with Gasteiger partial charge in [-0.1, -0.05) is 0 Å². The third-order valence-corrected chi connectivity index (χ3v) is 3.39. The van der Waals surface area contributed by atoms with E-state index in [-0.39, 0.29) is 13.0 Å². The Morgan fingerprint density at radius 3 is 2.35 bits per heavy atom. The van der Waals surface area contributed by atoms with Crippen molar-refractivity contribution in [2.24, 2.45) is 0 Å². The number of hydrogen-bond donors (Lipinski definition) is 3. The van der Waals surface area contributed by atoms with Crippen LogP contribution >= 0.6 is 15.9 Å². The number of amides is 2. The minimum absolute atomic E-state index is 0.0154. The topological polar surface area (TPSA) is 96.9 Å². The van der Waals surface area contributed by atoms with Gasteiger partial charge in [-0.2, -0.15) is 0 Å². The molecular weight excluding hydrogens is 368 g/mol. The van der Waals surface area contributed by atoms with E-state index < -0.39 is 12.0 Å². The van der Waals surface area contributed by atoms with E-state index >= 15 is 0 Å². The lowest BCUT2D eigenvalue weighted by Gasteiger charge is -2.15. The molecule has 128 valence electrons. The summed E-state index contributed by atoms with van der Waals surface area (Å²) in [5.41, 5.74) is 0.535. The molecule has 1 aromatic carbocycles. The first-order chi connectivity index (χ1) is 11.0. The van der Waals surface area contributed by atoms with Gasteiger partial charge in [-0.05, 0) is 36.2 Å². The Bertz CT molecular complexity index is 551. The van der Waals surface area contributed by atoms with Gasteiger partial charge in [-0.25, -0.2) is 4.79 Å². The lowest BCUT2D eigenvalue weighted by atomic mass is 10.2. The molecule has 7 nitrogen and oxygen atoms in total. The second kappa shape index (κ2) is 9.94. The lowest BCUT2D eigenvalue weighted by molar-refractivity contribution is -0.137. The number of hydrogen-bond acceptors (Lipinski definition) is 4. The zero-order chi connectivity index (χ0) is 17.2. The predicted molar refractivity (Wildman–Crippen MR) is 90.4 cm³/mol. The number of carbonyl (C=O) groups excluding carboxylic acids is 1. The van der Waals surface area contributed by atoms with Crippen LogP contribution in [0, 0.1) is 0 Å². The largest absolute Gasteiger partial charge is 0.490 e. The highest BCUT2D eigenvalue weighted by atomic mass is 79.9. The van der Waals surface area contributed by atoms with Crippen LogP contribution in [0.5, 0.6) is 11.5 Å². The average molecular weight is 389 g/mol. The molecule has 0 bridgehead atoms. The van der Waals surface area contributed by atoms with E-state index in [0.717, 1.165) is 0 Å². The number of ether oxygens (including phenoxy) is 2. The van der Waals surface area contributed by atoms with E-state index in [0.29, 0.717) is 41.3 Å². The molecule has 1 rings (SSSR count). The lowest BCUT2D eigenvalue weighted by Crippen LogP contribution is -2.30. The maximum absolute atomic E-state index is 11.8. The normalized spacial score (nSPS) is 10.0. The van der Waals surface area contributed by atoms with Crippen LogP contribution in [0.25, 0.3) is 0 Å². The summed E-state index contributed by atoms with van der Waals surface area (Å²) in [6.07, 6.45) is 0.388. The second-order valence-corrected chi connectivity index (χ2v) is 5.38. The molecule has 0 unspecified atom stereocenters. The van der Waals surface area contributed by atoms with Gasteiger partial charge in [0, 0.05) is 29.6 Å². The fourth-order valence-corrected chi connectivity index (χ4v) is 2.20. The Kier molecular flexibility index (Phi) is 8.25. The maximum atomic E-state index is 11.8. The second-order valence-electron chi connectivity index (χ2n) is 4.52. The van der Waals surface area contributed by atoms with Crippen LogP contribution in [0.3, 0.4) is 0 Å². The molecule has 0 aromatic heterocycles. The first kappa shape index (κ1) is 19.1. The minimum atomic E-state index is -0.886. The van der Waals surface area contributed by atoms with Crippen LogP contribution in [0.1, 0.15) is 26.7 Å². The molecule has 1 aromatic rings. The Balaban J connectivity index is 2.69. The quantitative estimate of drug-likeness (QED) is 0.564. The summed E-state index contributed by atoms with van der Waals surface area (Å²) >= 11 is 3.38. The summed E-state index contributed by atoms with van der Waals surface area (Å²) in [6, 6.07) is 2.99. The fraction of sp³-hybridized carbons (Fsp3) is 0.467. The first-order valence-corrected chi connectivity index (χ1v) is 8.13. The smallest absolute Gasteiger partial charge is 0.319 e. The molecule has 0 aliphatic rings. The van der Waals surface area contributed by atoms with E-state index in [4.69, 9.17) is 14.6 Å². The minimum Gasteiger partial charge on any atom is -0.490 e. The van der Waals surface area contributed by atoms with Gasteiger partial charge in [0.25, 0.3) is 0 Å². The zero-order valence-electron chi connectivity index (χ0n) is 13.1. The summed E-state index contributed by atoms with van der Waals surface area (Å²) in [6.45, 7) is 5.00. The monoisotopic (exact) mass is 388 g/mol. The predicted octanol–water partition coefficient (Wildman–Crippen LogP) is 3.23. The number of carboxylic acids is 1. The molecule has 0 radical (unpaired) electrons. The third kappa shape index (κ3) is 6.77. The number of rotatable bonds is 9. The van der Waals surface area contributed by atoms with Crippen molar-refractivity contribution in [3.8, 4) is 11.5 Å². The van der Waals surface area contributed by atoms with Gasteiger partial charge in [0.2, 0.25) is 0 Å². The molecule has 0 aliphatic heterocycles. The van der Waals surface area contributed by atoms with E-state index in [2.05, 4.69) is 26.6 Å². The van der Waals surface area contributed by atoms with Crippen molar-refractivity contribution < 1.29 is 24.2 Å². The van der Waals surface area contributed by atoms with E-state index in [1.807, 2.05) is 13.8 Å². The average Bonchev–Trinajstić information content (AvgIpc) is 2.48. The van der Waals surface area contributed by atoms with Crippen molar-refractivity contribution in [2.75, 3.05) is 25.1 Å². The third-order valence-electron chi connectivity index (χ3n) is 2.73. The SMILES string of the molecule is CCOc1cc(Br)c(NC(=O)NCCCC(=O)O)cc1OCC. The van der Waals surface area contributed by atoms with Crippen molar-refractivity contribution >= 4 is 33.6 Å². The Hall–Kier alpha value is -1.96. The highest BCUT2D eigenvalue weighted by Crippen LogP contribution is 2.36. The summed E-state index contributed by atoms with van der Waals surface area (Å²) < 4.78 is 11.7. The molecule has 3 N–H and O–H groups in total. The van der Waals surface area contributed by atoms with Crippen molar-refractivity contribution in [3.63, 3.8) is 0 Å². The Morgan fingerprint density at radius 1 is 1.17 bits per heavy atom. The van der Waals surface area contributed by atoms with Crippen LogP contribution in [0.2, 0.25) is 0 Å². The van der Waals surface area contributed by atoms with E-state index in [1.54, 1.807) is 12.1 Å². The number of anilines is 1. The number of nitrogens with one attached hydrogen (secondary N) is 2. The number of halogens is 1. The van der Waals surface area contributed by atoms with Crippen LogP contribution in [0.4, 0.5) is 10.5 Å². The number of aliphatic carboxylic acids is 1. The standard InChI is InChI=1S/C15H21BrN2O5/c1-3-22-12-8-10(16)11(9-13(12)23-4-2)18-15(21)17-7-5-6-14(19)20/h8-9H,3-7H2,1-2H3,(H,19,20)(H2,17,18,21). The molecule has 23 heavy (non-hydrogen) atoms. The molecule has 8 heteroatoms. The van der Waals surface area contributed by atoms with E-state index in [1.165, 1.54) is 0 Å². The molecule has 0 aliphatic carbocycles. The van der Waals surface area contributed by atoms with Crippen LogP contribution in [-0.4, -0.2) is 36.9 Å². The van der Waals surface area contributed by atoms with Crippen molar-refractivity contribution in [2.45, 2.75) is 26.7 Å². The van der Waals surface area contributed by atoms with Gasteiger partial charge in [0.05, 0.1) is 18.9 Å². The summed E-state index contributed by atoms with van der Waals surface area (Å²) in [5.74, 6) is 0.246. The van der Waals surface area contributed by atoms with Crippen molar-refractivity contribution in [1.29, 1.82) is 0 Å². The molecule has 2 amide bonds. The highest BCUT2D eigenvalue weighted by molar-refractivity contribution is 9.10. The number of urea groups is 1. The molecule has 0 atom stereocenters. The molecule has 0 fully saturated rings. The molecule has 0 heterocycles. The highest BCUT2D eigenvalue weighted by Gasteiger charge is 2.12. The van der Waals surface area contributed by atoms with E-state index in [9.17, 15) is 9.59 Å². The molecule has 0 saturated carbocycles. The van der Waals surface area contributed by atoms with Gasteiger partial charge in [-0.3, -0.25) is 4.79 Å². The Labute approximate surface area is 143 Å². The Morgan fingerprint density at radius 2 is 1.78 bits per heavy atom. The van der Waals surface area contributed by atoms with Gasteiger partial charge in [-0.15, -0.1) is 0 Å². The summed E-state index contributed by atoms with van der Waals surface area (Å²) in [5, 5.41) is 13.8. The van der Waals surface area contributed by atoms with Crippen LogP contribution in [0.15, 0.2) is 16.6 Å². The molecule has 0 spiro atoms. The van der Waals surface area contributed by atoms with Gasteiger partial charge in [0.15, 0.2) is 11.5 Å². The fourth-order valence-electron chi connectivity index (χ4n) is 1.78. The van der Waals surface area contributed by atoms with Gasteiger partial charge < -0.3 is 25.2 Å². The van der Waals surface area contributed by atoms with Crippen LogP contribution < -0.4 is 20.1 Å². The van der Waals surface area contributed by atoms with Crippen LogP contribution in [-0.2, 0) is 4.79 Å². The molecule has 0 saturated heterocycles. The maximum Gasteiger partial charge on any atom is 0.319 e. The van der Waals surface area contributed by atoms with Gasteiger partial charge in [0.1, 0.15) is 0 Å². The number of carbonyl (C=O) groups is 2. The molecular formula is C15H21BrN2O5. The summed E-state index contributed by atoms with van der Waals surface area (Å²) in [7, 11) is 0. The number of carboxylic acid groups (broad SMARTS) is 1. The zero-order valence-corrected chi connectivity index (χ0v) is 14.7.